The SMILES string of the molecule is CCOC(=O)C(CC)(Oc1ccccc1C(C)C)C(=O)OCC. The summed E-state index contributed by atoms with van der Waals surface area (Å²) in [4.78, 5) is 24.9. The van der Waals surface area contributed by atoms with Crippen LogP contribution in [0.5, 0.6) is 5.75 Å². The fraction of sp³-hybridized carbons (Fsp3) is 0.556. The number of esters is 2. The van der Waals surface area contributed by atoms with Crippen LogP contribution in [-0.4, -0.2) is 30.8 Å². The molecule has 5 nitrogen and oxygen atoms in total. The van der Waals surface area contributed by atoms with E-state index in [0.29, 0.717) is 5.75 Å². The summed E-state index contributed by atoms with van der Waals surface area (Å²) in [7, 11) is 0. The normalized spacial score (nSPS) is 11.2. The third-order valence-electron chi connectivity index (χ3n) is 3.53. The number of ether oxygens (including phenoxy) is 3. The second-order valence-electron chi connectivity index (χ2n) is 5.42. The van der Waals surface area contributed by atoms with Gasteiger partial charge in [-0.25, -0.2) is 9.59 Å². The number of para-hydroxylation sites is 1. The van der Waals surface area contributed by atoms with Gasteiger partial charge in [0, 0.05) is 6.42 Å². The first-order chi connectivity index (χ1) is 10.9. The maximum Gasteiger partial charge on any atom is 0.362 e. The van der Waals surface area contributed by atoms with E-state index in [1.165, 1.54) is 0 Å². The van der Waals surface area contributed by atoms with E-state index in [1.54, 1.807) is 32.9 Å². The molecule has 5 heteroatoms. The topological polar surface area (TPSA) is 61.8 Å². The molecule has 0 saturated heterocycles. The van der Waals surface area contributed by atoms with Crippen molar-refractivity contribution in [3.8, 4) is 5.75 Å². The van der Waals surface area contributed by atoms with E-state index in [-0.39, 0.29) is 25.6 Å². The molecule has 0 aliphatic heterocycles. The summed E-state index contributed by atoms with van der Waals surface area (Å²) in [6.07, 6.45) is 0.122. The van der Waals surface area contributed by atoms with Gasteiger partial charge in [-0.05, 0) is 31.4 Å². The van der Waals surface area contributed by atoms with Crippen LogP contribution < -0.4 is 4.74 Å². The summed E-state index contributed by atoms with van der Waals surface area (Å²) in [6.45, 7) is 9.43. The Bertz CT molecular complexity index is 518. The van der Waals surface area contributed by atoms with Gasteiger partial charge in [0.2, 0.25) is 0 Å². The van der Waals surface area contributed by atoms with Gasteiger partial charge < -0.3 is 14.2 Å². The van der Waals surface area contributed by atoms with Crippen LogP contribution in [0.4, 0.5) is 0 Å². The smallest absolute Gasteiger partial charge is 0.362 e. The predicted octanol–water partition coefficient (Wildman–Crippen LogP) is 3.46. The first kappa shape index (κ1) is 19.0. The third-order valence-corrected chi connectivity index (χ3v) is 3.53. The molecule has 0 N–H and O–H groups in total. The lowest BCUT2D eigenvalue weighted by Crippen LogP contribution is -2.53. The molecule has 1 aromatic carbocycles. The lowest BCUT2D eigenvalue weighted by Gasteiger charge is -2.30. The Morgan fingerprint density at radius 3 is 1.96 bits per heavy atom. The van der Waals surface area contributed by atoms with Crippen molar-refractivity contribution in [3.05, 3.63) is 29.8 Å². The molecule has 0 amide bonds. The minimum atomic E-state index is -1.78. The number of carbonyl (C=O) groups is 2. The first-order valence-corrected chi connectivity index (χ1v) is 8.05. The summed E-state index contributed by atoms with van der Waals surface area (Å²) < 4.78 is 16.1. The molecule has 23 heavy (non-hydrogen) atoms. The van der Waals surface area contributed by atoms with Crippen molar-refractivity contribution in [2.24, 2.45) is 0 Å². The van der Waals surface area contributed by atoms with Crippen LogP contribution in [-0.2, 0) is 19.1 Å². The Balaban J connectivity index is 3.30. The van der Waals surface area contributed by atoms with Crippen LogP contribution >= 0.6 is 0 Å². The highest BCUT2D eigenvalue weighted by Gasteiger charge is 2.50. The van der Waals surface area contributed by atoms with Crippen LogP contribution in [0.3, 0.4) is 0 Å². The number of hydrogen-bond donors (Lipinski definition) is 0. The molecule has 0 bridgehead atoms. The van der Waals surface area contributed by atoms with E-state index < -0.39 is 17.5 Å². The number of benzene rings is 1. The van der Waals surface area contributed by atoms with Gasteiger partial charge in [0.05, 0.1) is 13.2 Å². The van der Waals surface area contributed by atoms with Gasteiger partial charge >= 0.3 is 17.5 Å². The van der Waals surface area contributed by atoms with Crippen LogP contribution in [0.25, 0.3) is 0 Å². The molecular formula is C18H26O5. The maximum absolute atomic E-state index is 12.4. The number of carbonyl (C=O) groups excluding carboxylic acids is 2. The first-order valence-electron chi connectivity index (χ1n) is 8.05. The zero-order chi connectivity index (χ0) is 17.5. The molecule has 0 saturated carbocycles. The largest absolute Gasteiger partial charge is 0.463 e. The molecule has 0 radical (unpaired) electrons. The minimum Gasteiger partial charge on any atom is -0.463 e. The van der Waals surface area contributed by atoms with Crippen molar-refractivity contribution in [2.75, 3.05) is 13.2 Å². The van der Waals surface area contributed by atoms with Crippen LogP contribution in [0.1, 0.15) is 52.5 Å². The van der Waals surface area contributed by atoms with Gasteiger partial charge in [0.15, 0.2) is 0 Å². The lowest BCUT2D eigenvalue weighted by molar-refractivity contribution is -0.180. The summed E-state index contributed by atoms with van der Waals surface area (Å²) in [6, 6.07) is 7.36. The second-order valence-corrected chi connectivity index (χ2v) is 5.42. The molecule has 0 heterocycles. The molecule has 0 spiro atoms. The van der Waals surface area contributed by atoms with Gasteiger partial charge in [-0.1, -0.05) is 39.0 Å². The van der Waals surface area contributed by atoms with Crippen molar-refractivity contribution < 1.29 is 23.8 Å². The highest BCUT2D eigenvalue weighted by molar-refractivity contribution is 6.04. The van der Waals surface area contributed by atoms with Gasteiger partial charge in [-0.3, -0.25) is 0 Å². The van der Waals surface area contributed by atoms with E-state index in [2.05, 4.69) is 0 Å². The van der Waals surface area contributed by atoms with Gasteiger partial charge in [0.1, 0.15) is 5.75 Å². The average Bonchev–Trinajstić information content (AvgIpc) is 2.53. The van der Waals surface area contributed by atoms with Crippen molar-refractivity contribution in [1.82, 2.24) is 0 Å². The summed E-state index contributed by atoms with van der Waals surface area (Å²) in [5.74, 6) is -0.769. The Morgan fingerprint density at radius 1 is 1.00 bits per heavy atom. The molecule has 0 aliphatic carbocycles. The van der Waals surface area contributed by atoms with E-state index >= 15 is 0 Å². The average molecular weight is 322 g/mol. The highest BCUT2D eigenvalue weighted by Crippen LogP contribution is 2.31. The van der Waals surface area contributed by atoms with Crippen molar-refractivity contribution in [1.29, 1.82) is 0 Å². The molecule has 0 aromatic heterocycles. The molecule has 1 rings (SSSR count). The summed E-state index contributed by atoms with van der Waals surface area (Å²) >= 11 is 0. The Kier molecular flexibility index (Phi) is 7.07. The number of hydrogen-bond acceptors (Lipinski definition) is 5. The zero-order valence-electron chi connectivity index (χ0n) is 14.5. The van der Waals surface area contributed by atoms with Gasteiger partial charge in [0.25, 0.3) is 0 Å². The Hall–Kier alpha value is -2.04. The van der Waals surface area contributed by atoms with Crippen LogP contribution in [0, 0.1) is 0 Å². The van der Waals surface area contributed by atoms with E-state index in [1.807, 2.05) is 26.0 Å². The minimum absolute atomic E-state index is 0.122. The Labute approximate surface area is 137 Å². The van der Waals surface area contributed by atoms with E-state index in [4.69, 9.17) is 14.2 Å². The van der Waals surface area contributed by atoms with Crippen LogP contribution in [0.15, 0.2) is 24.3 Å². The Morgan fingerprint density at radius 2 is 1.52 bits per heavy atom. The van der Waals surface area contributed by atoms with Crippen LogP contribution in [0.2, 0.25) is 0 Å². The quantitative estimate of drug-likeness (QED) is 0.542. The molecule has 0 aliphatic rings. The third kappa shape index (κ3) is 4.24. The molecular weight excluding hydrogens is 296 g/mol. The maximum atomic E-state index is 12.4. The zero-order valence-corrected chi connectivity index (χ0v) is 14.5. The second kappa shape index (κ2) is 8.56. The van der Waals surface area contributed by atoms with E-state index in [0.717, 1.165) is 5.56 Å². The monoisotopic (exact) mass is 322 g/mol. The van der Waals surface area contributed by atoms with Crippen molar-refractivity contribution in [2.45, 2.75) is 52.6 Å². The molecule has 0 atom stereocenters. The molecule has 0 unspecified atom stereocenters. The van der Waals surface area contributed by atoms with Gasteiger partial charge in [-0.2, -0.15) is 0 Å². The van der Waals surface area contributed by atoms with Gasteiger partial charge in [-0.15, -0.1) is 0 Å². The highest BCUT2D eigenvalue weighted by atomic mass is 16.6. The fourth-order valence-electron chi connectivity index (χ4n) is 2.26. The van der Waals surface area contributed by atoms with Crippen molar-refractivity contribution in [3.63, 3.8) is 0 Å². The lowest BCUT2D eigenvalue weighted by atomic mass is 9.98. The van der Waals surface area contributed by atoms with E-state index in [9.17, 15) is 9.59 Å². The van der Waals surface area contributed by atoms with Crippen molar-refractivity contribution >= 4 is 11.9 Å². The predicted molar refractivity (Wildman–Crippen MR) is 87.4 cm³/mol. The number of rotatable bonds is 8. The molecule has 128 valence electrons. The fourth-order valence-corrected chi connectivity index (χ4v) is 2.26. The standard InChI is InChI=1S/C18H26O5/c1-6-18(16(19)21-7-2,17(20)22-8-3)23-15-12-10-9-11-14(15)13(4)5/h9-13H,6-8H2,1-5H3. The molecule has 0 fully saturated rings. The summed E-state index contributed by atoms with van der Waals surface area (Å²) in [5, 5.41) is 0. The molecule has 1 aromatic rings. The summed E-state index contributed by atoms with van der Waals surface area (Å²) in [5.41, 5.74) is -0.865.